The Kier molecular flexibility index (Phi) is 5.01. The minimum Gasteiger partial charge on any atom is -0.467 e. The molecule has 0 spiro atoms. The Morgan fingerprint density at radius 2 is 2.15 bits per heavy atom. The van der Waals surface area contributed by atoms with Gasteiger partial charge >= 0.3 is 0 Å². The highest BCUT2D eigenvalue weighted by molar-refractivity contribution is 5.21. The Balaban J connectivity index is 2.24. The summed E-state index contributed by atoms with van der Waals surface area (Å²) in [6.45, 7) is 10.3. The molecule has 0 aliphatic heterocycles. The van der Waals surface area contributed by atoms with Crippen LogP contribution in [0.1, 0.15) is 49.5 Å². The third-order valence-corrected chi connectivity index (χ3v) is 3.66. The van der Waals surface area contributed by atoms with Gasteiger partial charge in [0.05, 0.1) is 18.0 Å². The van der Waals surface area contributed by atoms with Crippen molar-refractivity contribution in [1.29, 1.82) is 0 Å². The zero-order chi connectivity index (χ0) is 14.5. The van der Waals surface area contributed by atoms with Gasteiger partial charge in [0.1, 0.15) is 5.76 Å². The van der Waals surface area contributed by atoms with Crippen molar-refractivity contribution in [2.24, 2.45) is 0 Å². The molecule has 20 heavy (non-hydrogen) atoms. The molecule has 2 aromatic heterocycles. The molecular formula is C16H25N3O. The third-order valence-electron chi connectivity index (χ3n) is 3.66. The zero-order valence-corrected chi connectivity index (χ0v) is 12.9. The fraction of sp³-hybridized carbons (Fsp3) is 0.562. The van der Waals surface area contributed by atoms with Crippen molar-refractivity contribution in [3.8, 4) is 0 Å². The van der Waals surface area contributed by atoms with E-state index in [0.717, 1.165) is 37.4 Å². The van der Waals surface area contributed by atoms with Gasteiger partial charge in [-0.3, -0.25) is 4.68 Å². The first kappa shape index (κ1) is 14.9. The van der Waals surface area contributed by atoms with E-state index in [1.54, 1.807) is 6.26 Å². The summed E-state index contributed by atoms with van der Waals surface area (Å²) >= 11 is 0. The standard InChI is InChI=1S/C16H25N3O/c1-5-13-10-14(19(7-3)18-13)11-15(17-6-2)16-12(4)8-9-20-16/h8-10,15,17H,5-7,11H2,1-4H3. The van der Waals surface area contributed by atoms with Gasteiger partial charge in [0.15, 0.2) is 0 Å². The number of nitrogens with one attached hydrogen (secondary N) is 1. The normalized spacial score (nSPS) is 12.8. The molecule has 2 rings (SSSR count). The summed E-state index contributed by atoms with van der Waals surface area (Å²) < 4.78 is 7.76. The SMILES string of the molecule is CCNC(Cc1cc(CC)nn1CC)c1occc1C. The van der Waals surface area contributed by atoms with Crippen LogP contribution in [0.5, 0.6) is 0 Å². The summed E-state index contributed by atoms with van der Waals surface area (Å²) in [6, 6.07) is 4.45. The second kappa shape index (κ2) is 6.75. The Bertz CT molecular complexity index is 542. The topological polar surface area (TPSA) is 43.0 Å². The molecule has 0 saturated heterocycles. The highest BCUT2D eigenvalue weighted by Crippen LogP contribution is 2.23. The second-order valence-corrected chi connectivity index (χ2v) is 5.08. The maximum Gasteiger partial charge on any atom is 0.123 e. The fourth-order valence-corrected chi connectivity index (χ4v) is 2.58. The molecule has 0 amide bonds. The van der Waals surface area contributed by atoms with Crippen LogP contribution in [0, 0.1) is 6.92 Å². The number of hydrogen-bond donors (Lipinski definition) is 1. The van der Waals surface area contributed by atoms with Gasteiger partial charge in [-0.25, -0.2) is 0 Å². The van der Waals surface area contributed by atoms with Crippen LogP contribution in [0.3, 0.4) is 0 Å². The zero-order valence-electron chi connectivity index (χ0n) is 12.9. The monoisotopic (exact) mass is 275 g/mol. The van der Waals surface area contributed by atoms with Gasteiger partial charge in [0.2, 0.25) is 0 Å². The van der Waals surface area contributed by atoms with Crippen molar-refractivity contribution >= 4 is 0 Å². The Labute approximate surface area is 121 Å². The van der Waals surface area contributed by atoms with E-state index in [2.05, 4.69) is 48.9 Å². The second-order valence-electron chi connectivity index (χ2n) is 5.08. The lowest BCUT2D eigenvalue weighted by Gasteiger charge is -2.17. The maximum atomic E-state index is 5.67. The lowest BCUT2D eigenvalue weighted by atomic mass is 10.1. The smallest absolute Gasteiger partial charge is 0.123 e. The van der Waals surface area contributed by atoms with E-state index in [1.807, 2.05) is 6.07 Å². The van der Waals surface area contributed by atoms with E-state index in [1.165, 1.54) is 11.3 Å². The molecule has 0 bridgehead atoms. The van der Waals surface area contributed by atoms with Crippen molar-refractivity contribution < 1.29 is 4.42 Å². The van der Waals surface area contributed by atoms with Gasteiger partial charge in [-0.05, 0) is 44.5 Å². The molecule has 0 fully saturated rings. The van der Waals surface area contributed by atoms with E-state index in [-0.39, 0.29) is 6.04 Å². The number of aryl methyl sites for hydroxylation is 3. The predicted octanol–water partition coefficient (Wildman–Crippen LogP) is 3.26. The van der Waals surface area contributed by atoms with Gasteiger partial charge < -0.3 is 9.73 Å². The van der Waals surface area contributed by atoms with E-state index < -0.39 is 0 Å². The van der Waals surface area contributed by atoms with Crippen LogP contribution in [0.2, 0.25) is 0 Å². The van der Waals surface area contributed by atoms with Crippen LogP contribution in [-0.4, -0.2) is 16.3 Å². The predicted molar refractivity (Wildman–Crippen MR) is 80.8 cm³/mol. The average Bonchev–Trinajstić information content (AvgIpc) is 3.04. The molecule has 0 aromatic carbocycles. The molecule has 4 heteroatoms. The van der Waals surface area contributed by atoms with Crippen molar-refractivity contribution in [3.63, 3.8) is 0 Å². The molecule has 110 valence electrons. The molecule has 4 nitrogen and oxygen atoms in total. The summed E-state index contributed by atoms with van der Waals surface area (Å²) in [4.78, 5) is 0. The maximum absolute atomic E-state index is 5.67. The molecule has 2 heterocycles. The highest BCUT2D eigenvalue weighted by Gasteiger charge is 2.19. The molecule has 1 N–H and O–H groups in total. The molecular weight excluding hydrogens is 250 g/mol. The third kappa shape index (κ3) is 3.12. The first-order chi connectivity index (χ1) is 9.69. The lowest BCUT2D eigenvalue weighted by molar-refractivity contribution is 0.406. The molecule has 1 unspecified atom stereocenters. The fourth-order valence-electron chi connectivity index (χ4n) is 2.58. The van der Waals surface area contributed by atoms with Gasteiger partial charge in [0, 0.05) is 18.7 Å². The summed E-state index contributed by atoms with van der Waals surface area (Å²) in [5.74, 6) is 1.04. The largest absolute Gasteiger partial charge is 0.467 e. The first-order valence-corrected chi connectivity index (χ1v) is 7.52. The minimum absolute atomic E-state index is 0.210. The van der Waals surface area contributed by atoms with Crippen molar-refractivity contribution in [3.05, 3.63) is 41.1 Å². The Morgan fingerprint density at radius 3 is 2.70 bits per heavy atom. The number of furan rings is 1. The first-order valence-electron chi connectivity index (χ1n) is 7.52. The van der Waals surface area contributed by atoms with Crippen LogP contribution in [0.4, 0.5) is 0 Å². The summed E-state index contributed by atoms with van der Waals surface area (Å²) in [7, 11) is 0. The lowest BCUT2D eigenvalue weighted by Crippen LogP contribution is -2.24. The number of nitrogens with zero attached hydrogens (tertiary/aromatic N) is 2. The number of hydrogen-bond acceptors (Lipinski definition) is 3. The summed E-state index contributed by atoms with van der Waals surface area (Å²) in [5, 5.41) is 8.14. The number of likely N-dealkylation sites (N-methyl/N-ethyl adjacent to an activating group) is 1. The van der Waals surface area contributed by atoms with E-state index in [4.69, 9.17) is 4.42 Å². The van der Waals surface area contributed by atoms with Crippen LogP contribution >= 0.6 is 0 Å². The van der Waals surface area contributed by atoms with Crippen LogP contribution < -0.4 is 5.32 Å². The van der Waals surface area contributed by atoms with Gasteiger partial charge in [-0.1, -0.05) is 13.8 Å². The van der Waals surface area contributed by atoms with Gasteiger partial charge in [0.25, 0.3) is 0 Å². The molecule has 2 aromatic rings. The number of aromatic nitrogens is 2. The summed E-state index contributed by atoms with van der Waals surface area (Å²) in [6.07, 6.45) is 3.65. The Morgan fingerprint density at radius 1 is 1.35 bits per heavy atom. The Hall–Kier alpha value is -1.55. The molecule has 0 saturated carbocycles. The molecule has 0 aliphatic carbocycles. The average molecular weight is 275 g/mol. The van der Waals surface area contributed by atoms with Crippen molar-refractivity contribution in [2.75, 3.05) is 6.54 Å². The highest BCUT2D eigenvalue weighted by atomic mass is 16.3. The minimum atomic E-state index is 0.210. The van der Waals surface area contributed by atoms with Crippen molar-refractivity contribution in [2.45, 2.75) is 53.1 Å². The summed E-state index contributed by atoms with van der Waals surface area (Å²) in [5.41, 5.74) is 3.63. The molecule has 0 radical (unpaired) electrons. The molecule has 0 aliphatic rings. The van der Waals surface area contributed by atoms with Crippen LogP contribution in [0.15, 0.2) is 22.8 Å². The van der Waals surface area contributed by atoms with E-state index in [0.29, 0.717) is 0 Å². The van der Waals surface area contributed by atoms with Gasteiger partial charge in [-0.15, -0.1) is 0 Å². The van der Waals surface area contributed by atoms with Crippen LogP contribution in [-0.2, 0) is 19.4 Å². The van der Waals surface area contributed by atoms with Crippen LogP contribution in [0.25, 0.3) is 0 Å². The van der Waals surface area contributed by atoms with Gasteiger partial charge in [-0.2, -0.15) is 5.10 Å². The quantitative estimate of drug-likeness (QED) is 0.843. The van der Waals surface area contributed by atoms with Crippen molar-refractivity contribution in [1.82, 2.24) is 15.1 Å². The number of rotatable bonds is 7. The van der Waals surface area contributed by atoms with E-state index >= 15 is 0 Å². The van der Waals surface area contributed by atoms with E-state index in [9.17, 15) is 0 Å². The molecule has 1 atom stereocenters.